The van der Waals surface area contributed by atoms with Gasteiger partial charge in [-0.1, -0.05) is 11.6 Å². The molecule has 11 heavy (non-hydrogen) atoms. The van der Waals surface area contributed by atoms with Crippen LogP contribution in [-0.4, -0.2) is 15.0 Å². The van der Waals surface area contributed by atoms with E-state index in [9.17, 15) is 0 Å². The van der Waals surface area contributed by atoms with Crippen LogP contribution in [0.15, 0.2) is 12.7 Å². The number of hydrogen-bond donors (Lipinski definition) is 0. The third-order valence-electron chi connectivity index (χ3n) is 1.13. The van der Waals surface area contributed by atoms with Crippen molar-refractivity contribution in [1.82, 2.24) is 19.9 Å². The SMILES string of the molecule is Clc1ncnc2[n-]cnc12.[Na+]. The molecule has 0 bridgehead atoms. The molecule has 2 aromatic heterocycles. The quantitative estimate of drug-likeness (QED) is 0.333. The summed E-state index contributed by atoms with van der Waals surface area (Å²) in [6.45, 7) is 0. The molecule has 2 rings (SSSR count). The van der Waals surface area contributed by atoms with Crippen LogP contribution in [0.25, 0.3) is 11.2 Å². The molecule has 0 unspecified atom stereocenters. The molecule has 50 valence electrons. The van der Waals surface area contributed by atoms with Gasteiger partial charge >= 0.3 is 29.6 Å². The Kier molecular flexibility index (Phi) is 2.84. The Balaban J connectivity index is 0.000000605. The van der Waals surface area contributed by atoms with Gasteiger partial charge in [0.05, 0.1) is 0 Å². The fourth-order valence-corrected chi connectivity index (χ4v) is 0.873. The van der Waals surface area contributed by atoms with Crippen LogP contribution in [0, 0.1) is 0 Å². The van der Waals surface area contributed by atoms with Crippen molar-refractivity contribution in [2.24, 2.45) is 0 Å². The average molecular weight is 177 g/mol. The van der Waals surface area contributed by atoms with Crippen molar-refractivity contribution >= 4 is 22.8 Å². The Labute approximate surface area is 89.7 Å². The van der Waals surface area contributed by atoms with Gasteiger partial charge in [-0.25, -0.2) is 4.98 Å². The summed E-state index contributed by atoms with van der Waals surface area (Å²) in [5.41, 5.74) is 1.10. The molecule has 0 radical (unpaired) electrons. The first-order valence-corrected chi connectivity index (χ1v) is 2.99. The number of hydrogen-bond acceptors (Lipinski definition) is 3. The molecular formula is C5H2ClN4Na. The maximum absolute atomic E-state index is 5.64. The summed E-state index contributed by atoms with van der Waals surface area (Å²) in [5.74, 6) is 0. The topological polar surface area (TPSA) is 52.8 Å². The van der Waals surface area contributed by atoms with Gasteiger partial charge in [0, 0.05) is 17.5 Å². The van der Waals surface area contributed by atoms with Crippen molar-refractivity contribution in [2.75, 3.05) is 0 Å². The fraction of sp³-hybridized carbons (Fsp3) is 0. The second-order valence-electron chi connectivity index (χ2n) is 1.71. The van der Waals surface area contributed by atoms with E-state index in [2.05, 4.69) is 19.9 Å². The van der Waals surface area contributed by atoms with Crippen molar-refractivity contribution in [3.05, 3.63) is 17.8 Å². The Morgan fingerprint density at radius 2 is 2.09 bits per heavy atom. The number of nitrogens with zero attached hydrogens (tertiary/aromatic N) is 4. The van der Waals surface area contributed by atoms with E-state index < -0.39 is 0 Å². The molecule has 0 spiro atoms. The van der Waals surface area contributed by atoms with Crippen LogP contribution < -0.4 is 34.5 Å². The molecule has 0 amide bonds. The molecular weight excluding hydrogens is 175 g/mol. The first-order valence-electron chi connectivity index (χ1n) is 2.62. The maximum atomic E-state index is 5.64. The van der Waals surface area contributed by atoms with Crippen LogP contribution in [0.4, 0.5) is 0 Å². The van der Waals surface area contributed by atoms with Gasteiger partial charge in [0.1, 0.15) is 5.15 Å². The molecule has 0 aliphatic heterocycles. The Hall–Kier alpha value is -0.160. The number of aromatic nitrogens is 4. The standard InChI is InChI=1S/C5H2ClN4.Na/c6-4-3-5(9-1-7-3)10-2-8-4;/h1-2H;/q-1;+1. The zero-order chi connectivity index (χ0) is 6.97. The zero-order valence-corrected chi connectivity index (χ0v) is 8.58. The summed E-state index contributed by atoms with van der Waals surface area (Å²) >= 11 is 5.64. The largest absolute Gasteiger partial charge is 1.00 e. The minimum absolute atomic E-state index is 0. The van der Waals surface area contributed by atoms with Gasteiger partial charge in [-0.15, -0.1) is 0 Å². The third-order valence-corrected chi connectivity index (χ3v) is 1.40. The predicted molar refractivity (Wildman–Crippen MR) is 35.7 cm³/mol. The Bertz CT molecular complexity index is 360. The molecule has 0 atom stereocenters. The van der Waals surface area contributed by atoms with Gasteiger partial charge < -0.3 is 15.0 Å². The maximum Gasteiger partial charge on any atom is 1.00 e. The fourth-order valence-electron chi connectivity index (χ4n) is 0.696. The molecule has 0 saturated heterocycles. The zero-order valence-electron chi connectivity index (χ0n) is 5.82. The summed E-state index contributed by atoms with van der Waals surface area (Å²) in [7, 11) is 0. The van der Waals surface area contributed by atoms with Crippen molar-refractivity contribution in [3.8, 4) is 0 Å². The van der Waals surface area contributed by atoms with E-state index in [1.165, 1.54) is 12.7 Å². The molecule has 0 aromatic carbocycles. The van der Waals surface area contributed by atoms with Crippen molar-refractivity contribution < 1.29 is 29.6 Å². The van der Waals surface area contributed by atoms with Crippen LogP contribution in [0.3, 0.4) is 0 Å². The van der Waals surface area contributed by atoms with Crippen molar-refractivity contribution in [2.45, 2.75) is 0 Å². The predicted octanol–water partition coefficient (Wildman–Crippen LogP) is -2.36. The molecule has 0 saturated carbocycles. The first-order chi connectivity index (χ1) is 4.88. The smallest absolute Gasteiger partial charge is 0.365 e. The first kappa shape index (κ1) is 8.93. The molecule has 0 aliphatic rings. The molecule has 0 fully saturated rings. The van der Waals surface area contributed by atoms with E-state index in [-0.39, 0.29) is 29.6 Å². The second kappa shape index (κ2) is 3.49. The van der Waals surface area contributed by atoms with E-state index in [1.54, 1.807) is 0 Å². The Morgan fingerprint density at radius 3 is 2.82 bits per heavy atom. The average Bonchev–Trinajstić information content (AvgIpc) is 2.36. The van der Waals surface area contributed by atoms with Crippen LogP contribution in [-0.2, 0) is 0 Å². The third kappa shape index (κ3) is 1.54. The number of rotatable bonds is 0. The van der Waals surface area contributed by atoms with E-state index in [0.717, 1.165) is 0 Å². The number of halogens is 1. The van der Waals surface area contributed by atoms with E-state index in [4.69, 9.17) is 11.6 Å². The number of imidazole rings is 1. The molecule has 0 N–H and O–H groups in total. The second-order valence-corrected chi connectivity index (χ2v) is 2.07. The summed E-state index contributed by atoms with van der Waals surface area (Å²) in [6.07, 6.45) is 2.77. The Morgan fingerprint density at radius 1 is 1.27 bits per heavy atom. The summed E-state index contributed by atoms with van der Waals surface area (Å²) in [4.78, 5) is 15.2. The minimum Gasteiger partial charge on any atom is -0.365 e. The van der Waals surface area contributed by atoms with Gasteiger partial charge in [-0.05, 0) is 6.33 Å². The minimum atomic E-state index is 0. The van der Waals surface area contributed by atoms with Crippen LogP contribution in [0.2, 0.25) is 5.15 Å². The van der Waals surface area contributed by atoms with Gasteiger partial charge in [0.25, 0.3) is 0 Å². The van der Waals surface area contributed by atoms with E-state index in [1.807, 2.05) is 0 Å². The monoisotopic (exact) mass is 176 g/mol. The van der Waals surface area contributed by atoms with E-state index in [0.29, 0.717) is 16.3 Å². The van der Waals surface area contributed by atoms with Gasteiger partial charge in [-0.2, -0.15) is 0 Å². The van der Waals surface area contributed by atoms with Gasteiger partial charge in [0.15, 0.2) is 0 Å². The summed E-state index contributed by atoms with van der Waals surface area (Å²) < 4.78 is 0. The van der Waals surface area contributed by atoms with Crippen LogP contribution in [0.5, 0.6) is 0 Å². The van der Waals surface area contributed by atoms with Gasteiger partial charge in [-0.3, -0.25) is 0 Å². The number of fused-ring (bicyclic) bond motifs is 1. The van der Waals surface area contributed by atoms with Crippen molar-refractivity contribution in [3.63, 3.8) is 0 Å². The van der Waals surface area contributed by atoms with E-state index >= 15 is 0 Å². The molecule has 2 heterocycles. The van der Waals surface area contributed by atoms with Gasteiger partial charge in [0.2, 0.25) is 0 Å². The summed E-state index contributed by atoms with van der Waals surface area (Å²) in [6, 6.07) is 0. The van der Waals surface area contributed by atoms with Crippen LogP contribution >= 0.6 is 11.6 Å². The molecule has 4 nitrogen and oxygen atoms in total. The molecule has 0 aliphatic carbocycles. The van der Waals surface area contributed by atoms with Crippen LogP contribution in [0.1, 0.15) is 0 Å². The summed E-state index contributed by atoms with van der Waals surface area (Å²) in [5, 5.41) is 0.350. The molecule has 2 aromatic rings. The van der Waals surface area contributed by atoms with Crippen molar-refractivity contribution in [1.29, 1.82) is 0 Å². The molecule has 6 heteroatoms. The normalized spacial score (nSPS) is 9.55.